The number of anilines is 1. The molecule has 0 radical (unpaired) electrons. The van der Waals surface area contributed by atoms with Crippen LogP contribution in [0.15, 0.2) is 41.3 Å². The van der Waals surface area contributed by atoms with Crippen LogP contribution in [0.1, 0.15) is 16.7 Å². The molecule has 0 aliphatic heterocycles. The van der Waals surface area contributed by atoms with E-state index < -0.39 is 9.84 Å². The Labute approximate surface area is 118 Å². The summed E-state index contributed by atoms with van der Waals surface area (Å²) in [5, 5.41) is 0. The standard InChI is InChI=1S/C15H16FNO2S/c1-10-8-13(16)7-6-12(10)9-20(18,19)15-5-3-4-14(17)11(15)2/h3-8H,9,17H2,1-2H3. The van der Waals surface area contributed by atoms with Gasteiger partial charge in [0.15, 0.2) is 9.84 Å². The van der Waals surface area contributed by atoms with Crippen LogP contribution in [-0.4, -0.2) is 8.42 Å². The molecule has 0 atom stereocenters. The average Bonchev–Trinajstić information content (AvgIpc) is 2.36. The largest absolute Gasteiger partial charge is 0.398 e. The molecule has 106 valence electrons. The second-order valence-corrected chi connectivity index (χ2v) is 6.76. The van der Waals surface area contributed by atoms with Crippen LogP contribution in [0, 0.1) is 19.7 Å². The zero-order valence-corrected chi connectivity index (χ0v) is 12.2. The van der Waals surface area contributed by atoms with Crippen LogP contribution < -0.4 is 5.73 Å². The quantitative estimate of drug-likeness (QED) is 0.885. The summed E-state index contributed by atoms with van der Waals surface area (Å²) in [6.45, 7) is 3.37. The lowest BCUT2D eigenvalue weighted by Gasteiger charge is -2.11. The first-order valence-corrected chi connectivity index (χ1v) is 7.79. The molecule has 0 amide bonds. The van der Waals surface area contributed by atoms with Gasteiger partial charge in [0.25, 0.3) is 0 Å². The lowest BCUT2D eigenvalue weighted by Crippen LogP contribution is -2.09. The van der Waals surface area contributed by atoms with Gasteiger partial charge >= 0.3 is 0 Å². The number of nitrogen functional groups attached to an aromatic ring is 1. The minimum atomic E-state index is -3.50. The zero-order chi connectivity index (χ0) is 14.9. The summed E-state index contributed by atoms with van der Waals surface area (Å²) in [4.78, 5) is 0.223. The number of benzene rings is 2. The number of rotatable bonds is 3. The van der Waals surface area contributed by atoms with Crippen LogP contribution in [0.2, 0.25) is 0 Å². The van der Waals surface area contributed by atoms with Crippen molar-refractivity contribution in [2.45, 2.75) is 24.5 Å². The van der Waals surface area contributed by atoms with Crippen LogP contribution in [-0.2, 0) is 15.6 Å². The van der Waals surface area contributed by atoms with E-state index in [9.17, 15) is 12.8 Å². The molecule has 2 N–H and O–H groups in total. The molecule has 0 aromatic heterocycles. The van der Waals surface area contributed by atoms with Gasteiger partial charge in [-0.3, -0.25) is 0 Å². The fourth-order valence-electron chi connectivity index (χ4n) is 2.07. The smallest absolute Gasteiger partial charge is 0.182 e. The number of hydrogen-bond acceptors (Lipinski definition) is 3. The number of hydrogen-bond donors (Lipinski definition) is 1. The highest BCUT2D eigenvalue weighted by molar-refractivity contribution is 7.90. The fraction of sp³-hybridized carbons (Fsp3) is 0.200. The molecule has 2 rings (SSSR count). The molecule has 0 bridgehead atoms. The molecule has 0 spiro atoms. The Bertz CT molecular complexity index is 754. The molecular weight excluding hydrogens is 277 g/mol. The highest BCUT2D eigenvalue weighted by atomic mass is 32.2. The van der Waals surface area contributed by atoms with Crippen molar-refractivity contribution < 1.29 is 12.8 Å². The minimum absolute atomic E-state index is 0.163. The van der Waals surface area contributed by atoms with Crippen LogP contribution in [0.5, 0.6) is 0 Å². The van der Waals surface area contributed by atoms with E-state index in [0.717, 1.165) is 0 Å². The molecule has 0 aliphatic carbocycles. The molecule has 0 heterocycles. The third-order valence-electron chi connectivity index (χ3n) is 3.31. The van der Waals surface area contributed by atoms with E-state index >= 15 is 0 Å². The first-order chi connectivity index (χ1) is 9.31. The van der Waals surface area contributed by atoms with E-state index in [2.05, 4.69) is 0 Å². The molecule has 2 aromatic carbocycles. The number of sulfone groups is 1. The van der Waals surface area contributed by atoms with Gasteiger partial charge in [-0.05, 0) is 54.8 Å². The van der Waals surface area contributed by atoms with Crippen LogP contribution >= 0.6 is 0 Å². The summed E-state index contributed by atoms with van der Waals surface area (Å²) in [5.74, 6) is -0.535. The molecule has 20 heavy (non-hydrogen) atoms. The zero-order valence-electron chi connectivity index (χ0n) is 11.4. The van der Waals surface area contributed by atoms with Crippen molar-refractivity contribution in [3.8, 4) is 0 Å². The summed E-state index contributed by atoms with van der Waals surface area (Å²) in [5.41, 5.74) is 7.95. The molecule has 0 unspecified atom stereocenters. The maximum atomic E-state index is 13.1. The van der Waals surface area contributed by atoms with E-state index in [0.29, 0.717) is 22.4 Å². The van der Waals surface area contributed by atoms with Crippen molar-refractivity contribution in [2.24, 2.45) is 0 Å². The predicted molar refractivity (Wildman–Crippen MR) is 77.6 cm³/mol. The predicted octanol–water partition coefficient (Wildman–Crippen LogP) is 3.00. The van der Waals surface area contributed by atoms with Gasteiger partial charge in [-0.25, -0.2) is 12.8 Å². The molecule has 0 saturated heterocycles. The Morgan fingerprint density at radius 3 is 2.50 bits per heavy atom. The molecule has 3 nitrogen and oxygen atoms in total. The highest BCUT2D eigenvalue weighted by Gasteiger charge is 2.19. The molecular formula is C15H16FNO2S. The van der Waals surface area contributed by atoms with Crippen molar-refractivity contribution in [1.29, 1.82) is 0 Å². The summed E-state index contributed by atoms with van der Waals surface area (Å²) in [6.07, 6.45) is 0. The topological polar surface area (TPSA) is 60.2 Å². The third-order valence-corrected chi connectivity index (χ3v) is 5.11. The molecule has 5 heteroatoms. The highest BCUT2D eigenvalue weighted by Crippen LogP contribution is 2.25. The van der Waals surface area contributed by atoms with Crippen molar-refractivity contribution >= 4 is 15.5 Å². The SMILES string of the molecule is Cc1cc(F)ccc1CS(=O)(=O)c1cccc(N)c1C. The number of aryl methyl sites for hydroxylation is 1. The first-order valence-electron chi connectivity index (χ1n) is 6.14. The van der Waals surface area contributed by atoms with Gasteiger partial charge in [-0.2, -0.15) is 0 Å². The van der Waals surface area contributed by atoms with Gasteiger partial charge in [0.1, 0.15) is 5.82 Å². The fourth-order valence-corrected chi connectivity index (χ4v) is 3.83. The van der Waals surface area contributed by atoms with Crippen LogP contribution in [0.4, 0.5) is 10.1 Å². The van der Waals surface area contributed by atoms with E-state index in [1.54, 1.807) is 32.0 Å². The maximum absolute atomic E-state index is 13.1. The summed E-state index contributed by atoms with van der Waals surface area (Å²) >= 11 is 0. The van der Waals surface area contributed by atoms with Gasteiger partial charge < -0.3 is 5.73 Å². The molecule has 0 saturated carbocycles. The van der Waals surface area contributed by atoms with Crippen molar-refractivity contribution in [1.82, 2.24) is 0 Å². The molecule has 0 aliphatic rings. The van der Waals surface area contributed by atoms with Gasteiger partial charge in [-0.1, -0.05) is 12.1 Å². The van der Waals surface area contributed by atoms with E-state index in [1.165, 1.54) is 18.2 Å². The number of halogens is 1. The minimum Gasteiger partial charge on any atom is -0.398 e. The van der Waals surface area contributed by atoms with Crippen molar-refractivity contribution in [3.63, 3.8) is 0 Å². The average molecular weight is 293 g/mol. The Hall–Kier alpha value is -1.88. The summed E-state index contributed by atoms with van der Waals surface area (Å²) in [7, 11) is -3.50. The van der Waals surface area contributed by atoms with Gasteiger partial charge in [0.05, 0.1) is 10.6 Å². The summed E-state index contributed by atoms with van der Waals surface area (Å²) in [6, 6.07) is 8.93. The van der Waals surface area contributed by atoms with Crippen LogP contribution in [0.25, 0.3) is 0 Å². The second-order valence-electron chi connectivity index (χ2n) is 4.80. The second kappa shape index (κ2) is 5.25. The van der Waals surface area contributed by atoms with E-state index in [4.69, 9.17) is 5.73 Å². The summed E-state index contributed by atoms with van der Waals surface area (Å²) < 4.78 is 38.0. The van der Waals surface area contributed by atoms with Crippen molar-refractivity contribution in [3.05, 3.63) is 58.9 Å². The number of nitrogens with two attached hydrogens (primary N) is 1. The van der Waals surface area contributed by atoms with Gasteiger partial charge in [0, 0.05) is 5.69 Å². The Morgan fingerprint density at radius 1 is 1.15 bits per heavy atom. The van der Waals surface area contributed by atoms with E-state index in [1.807, 2.05) is 0 Å². The monoisotopic (exact) mass is 293 g/mol. The lowest BCUT2D eigenvalue weighted by molar-refractivity contribution is 0.594. The van der Waals surface area contributed by atoms with Crippen LogP contribution in [0.3, 0.4) is 0 Å². The van der Waals surface area contributed by atoms with E-state index in [-0.39, 0.29) is 16.5 Å². The first kappa shape index (κ1) is 14.5. The maximum Gasteiger partial charge on any atom is 0.182 e. The normalized spacial score (nSPS) is 11.6. The lowest BCUT2D eigenvalue weighted by atomic mass is 10.1. The Kier molecular flexibility index (Phi) is 3.81. The Balaban J connectivity index is 2.44. The van der Waals surface area contributed by atoms with Gasteiger partial charge in [-0.15, -0.1) is 0 Å². The Morgan fingerprint density at radius 2 is 1.85 bits per heavy atom. The van der Waals surface area contributed by atoms with Gasteiger partial charge in [0.2, 0.25) is 0 Å². The van der Waals surface area contributed by atoms with Crippen molar-refractivity contribution in [2.75, 3.05) is 5.73 Å². The third kappa shape index (κ3) is 2.82. The molecule has 2 aromatic rings. The molecule has 0 fully saturated rings.